The molecule has 0 aliphatic rings. The number of ether oxygens (including phenoxy) is 1. The highest BCUT2D eigenvalue weighted by atomic mass is 35.5. The third-order valence-corrected chi connectivity index (χ3v) is 2.56. The van der Waals surface area contributed by atoms with Crippen molar-refractivity contribution in [1.82, 2.24) is 0 Å². The number of thiocarbonyl (C=S) groups is 1. The molecule has 0 heterocycles. The fourth-order valence-corrected chi connectivity index (χ4v) is 1.53. The topological polar surface area (TPSA) is 55.5 Å². The summed E-state index contributed by atoms with van der Waals surface area (Å²) in [6.07, 6.45) is 1.52. The summed E-state index contributed by atoms with van der Waals surface area (Å²) < 4.78 is 5.45. The minimum absolute atomic E-state index is 0.178. The minimum atomic E-state index is 0.178. The number of aliphatic hydroxyl groups excluding tert-OH is 1. The molecule has 0 radical (unpaired) electrons. The largest absolute Gasteiger partial charge is 0.492 e. The number of nitrogens with two attached hydrogens (primary N) is 1. The van der Waals surface area contributed by atoms with Crippen LogP contribution in [0, 0.1) is 0 Å². The van der Waals surface area contributed by atoms with Crippen LogP contribution in [0.3, 0.4) is 0 Å². The van der Waals surface area contributed by atoms with Crippen molar-refractivity contribution in [2.75, 3.05) is 13.2 Å². The van der Waals surface area contributed by atoms with Crippen LogP contribution in [0.1, 0.15) is 18.4 Å². The zero-order valence-electron chi connectivity index (χ0n) is 8.78. The molecule has 1 aromatic carbocycles. The third kappa shape index (κ3) is 3.96. The first-order valence-corrected chi connectivity index (χ1v) is 5.77. The van der Waals surface area contributed by atoms with Crippen molar-refractivity contribution in [3.8, 4) is 5.75 Å². The van der Waals surface area contributed by atoms with E-state index in [2.05, 4.69) is 0 Å². The second-order valence-electron chi connectivity index (χ2n) is 3.29. The van der Waals surface area contributed by atoms with E-state index >= 15 is 0 Å². The number of hydrogen-bond donors (Lipinski definition) is 2. The molecule has 0 unspecified atom stereocenters. The summed E-state index contributed by atoms with van der Waals surface area (Å²) in [5, 5.41) is 9.10. The van der Waals surface area contributed by atoms with Crippen molar-refractivity contribution in [2.45, 2.75) is 12.8 Å². The normalized spacial score (nSPS) is 10.1. The maximum Gasteiger partial charge on any atom is 0.137 e. The predicted octanol–water partition coefficient (Wildman–Crippen LogP) is 2.13. The summed E-state index contributed by atoms with van der Waals surface area (Å²) in [6.45, 7) is 0.712. The van der Waals surface area contributed by atoms with Gasteiger partial charge in [-0.1, -0.05) is 23.8 Å². The highest BCUT2D eigenvalue weighted by Gasteiger charge is 2.04. The fourth-order valence-electron chi connectivity index (χ4n) is 1.17. The molecule has 0 aliphatic heterocycles. The van der Waals surface area contributed by atoms with Crippen LogP contribution in [-0.4, -0.2) is 23.3 Å². The maximum atomic E-state index is 8.61. The second-order valence-corrected chi connectivity index (χ2v) is 4.14. The molecule has 3 N–H and O–H groups in total. The van der Waals surface area contributed by atoms with Crippen LogP contribution in [-0.2, 0) is 0 Å². The van der Waals surface area contributed by atoms with E-state index in [1.54, 1.807) is 18.2 Å². The Bertz CT molecular complexity index is 371. The van der Waals surface area contributed by atoms with E-state index in [9.17, 15) is 0 Å². The van der Waals surface area contributed by atoms with Gasteiger partial charge in [0, 0.05) is 12.2 Å². The maximum absolute atomic E-state index is 8.61. The Hall–Kier alpha value is -0.840. The molecule has 0 aromatic heterocycles. The summed E-state index contributed by atoms with van der Waals surface area (Å²) in [4.78, 5) is 0.314. The van der Waals surface area contributed by atoms with Crippen LogP contribution < -0.4 is 10.5 Å². The molecule has 0 atom stereocenters. The van der Waals surface area contributed by atoms with Crippen molar-refractivity contribution in [1.29, 1.82) is 0 Å². The molecular weight excluding hydrogens is 246 g/mol. The molecule has 88 valence electrons. The molecule has 0 aliphatic carbocycles. The van der Waals surface area contributed by atoms with Crippen LogP contribution in [0.2, 0.25) is 5.02 Å². The van der Waals surface area contributed by atoms with Crippen LogP contribution >= 0.6 is 23.8 Å². The van der Waals surface area contributed by atoms with Gasteiger partial charge in [0.05, 0.1) is 11.6 Å². The molecule has 0 fully saturated rings. The van der Waals surface area contributed by atoms with Crippen LogP contribution in [0.25, 0.3) is 0 Å². The van der Waals surface area contributed by atoms with Crippen molar-refractivity contribution in [3.05, 3.63) is 28.8 Å². The summed E-state index contributed by atoms with van der Waals surface area (Å²) in [7, 11) is 0. The van der Waals surface area contributed by atoms with E-state index in [4.69, 9.17) is 39.4 Å². The van der Waals surface area contributed by atoms with Gasteiger partial charge in [-0.05, 0) is 31.0 Å². The monoisotopic (exact) mass is 259 g/mol. The van der Waals surface area contributed by atoms with Crippen molar-refractivity contribution in [3.63, 3.8) is 0 Å². The van der Waals surface area contributed by atoms with E-state index in [1.165, 1.54) is 0 Å². The minimum Gasteiger partial charge on any atom is -0.492 e. The Kier molecular flexibility index (Phi) is 5.52. The second kappa shape index (κ2) is 6.68. The van der Waals surface area contributed by atoms with Gasteiger partial charge >= 0.3 is 0 Å². The predicted molar refractivity (Wildman–Crippen MR) is 69.2 cm³/mol. The molecule has 5 heteroatoms. The summed E-state index contributed by atoms with van der Waals surface area (Å²) in [5.41, 5.74) is 6.20. The molecule has 0 spiro atoms. The quantitative estimate of drug-likeness (QED) is 0.607. The van der Waals surface area contributed by atoms with Gasteiger partial charge in [-0.25, -0.2) is 0 Å². The van der Waals surface area contributed by atoms with E-state index in [1.807, 2.05) is 0 Å². The number of benzene rings is 1. The number of rotatable bonds is 6. The Morgan fingerprint density at radius 1 is 1.44 bits per heavy atom. The van der Waals surface area contributed by atoms with Gasteiger partial charge in [0.2, 0.25) is 0 Å². The SMILES string of the molecule is NC(=S)c1ccc(OCCCCO)c(Cl)c1. The molecule has 0 bridgehead atoms. The summed E-state index contributed by atoms with van der Waals surface area (Å²) >= 11 is 10.8. The average Bonchev–Trinajstić information content (AvgIpc) is 2.26. The highest BCUT2D eigenvalue weighted by Crippen LogP contribution is 2.25. The van der Waals surface area contributed by atoms with Gasteiger partial charge in [0.25, 0.3) is 0 Å². The Morgan fingerprint density at radius 3 is 2.75 bits per heavy atom. The van der Waals surface area contributed by atoms with Crippen LogP contribution in [0.5, 0.6) is 5.75 Å². The van der Waals surface area contributed by atoms with Gasteiger partial charge < -0.3 is 15.6 Å². The first-order chi connectivity index (χ1) is 7.65. The highest BCUT2D eigenvalue weighted by molar-refractivity contribution is 7.80. The molecule has 3 nitrogen and oxygen atoms in total. The standard InChI is InChI=1S/C11H14ClNO2S/c12-9-7-8(11(13)16)3-4-10(9)15-6-2-1-5-14/h3-4,7,14H,1-2,5-6H2,(H2,13,16). The lowest BCUT2D eigenvalue weighted by atomic mass is 10.2. The molecule has 0 saturated heterocycles. The van der Waals surface area contributed by atoms with Gasteiger partial charge in [0.1, 0.15) is 10.7 Å². The summed E-state index contributed by atoms with van der Waals surface area (Å²) in [5.74, 6) is 0.611. The van der Waals surface area contributed by atoms with E-state index in [-0.39, 0.29) is 6.61 Å². The third-order valence-electron chi connectivity index (χ3n) is 2.03. The van der Waals surface area contributed by atoms with Gasteiger partial charge in [0.15, 0.2) is 0 Å². The first kappa shape index (κ1) is 13.2. The number of unbranched alkanes of at least 4 members (excludes halogenated alkanes) is 1. The van der Waals surface area contributed by atoms with E-state index in [0.29, 0.717) is 22.4 Å². The van der Waals surface area contributed by atoms with Crippen molar-refractivity contribution >= 4 is 28.8 Å². The van der Waals surface area contributed by atoms with Gasteiger partial charge in [-0.3, -0.25) is 0 Å². The molecule has 16 heavy (non-hydrogen) atoms. The first-order valence-electron chi connectivity index (χ1n) is 4.98. The molecule has 1 aromatic rings. The Labute approximate surface area is 105 Å². The van der Waals surface area contributed by atoms with E-state index in [0.717, 1.165) is 18.4 Å². The Morgan fingerprint density at radius 2 is 2.19 bits per heavy atom. The van der Waals surface area contributed by atoms with Gasteiger partial charge in [-0.15, -0.1) is 0 Å². The molecule has 1 rings (SSSR count). The lowest BCUT2D eigenvalue weighted by Crippen LogP contribution is -2.09. The number of halogens is 1. The zero-order valence-corrected chi connectivity index (χ0v) is 10.4. The summed E-state index contributed by atoms with van der Waals surface area (Å²) in [6, 6.07) is 5.20. The van der Waals surface area contributed by atoms with Gasteiger partial charge in [-0.2, -0.15) is 0 Å². The molecule has 0 amide bonds. The fraction of sp³-hybridized carbons (Fsp3) is 0.364. The number of aliphatic hydroxyl groups is 1. The average molecular weight is 260 g/mol. The zero-order chi connectivity index (χ0) is 12.0. The van der Waals surface area contributed by atoms with Crippen LogP contribution in [0.15, 0.2) is 18.2 Å². The lowest BCUT2D eigenvalue weighted by molar-refractivity contribution is 0.253. The molecule has 0 saturated carbocycles. The van der Waals surface area contributed by atoms with Crippen LogP contribution in [0.4, 0.5) is 0 Å². The lowest BCUT2D eigenvalue weighted by Gasteiger charge is -2.08. The smallest absolute Gasteiger partial charge is 0.137 e. The molecular formula is C11H14ClNO2S. The van der Waals surface area contributed by atoms with Crippen molar-refractivity contribution < 1.29 is 9.84 Å². The number of hydrogen-bond acceptors (Lipinski definition) is 3. The Balaban J connectivity index is 2.57. The van der Waals surface area contributed by atoms with E-state index < -0.39 is 0 Å². The van der Waals surface area contributed by atoms with Crippen molar-refractivity contribution in [2.24, 2.45) is 5.73 Å².